The van der Waals surface area contributed by atoms with E-state index in [2.05, 4.69) is 25.5 Å². The second kappa shape index (κ2) is 7.86. The van der Waals surface area contributed by atoms with Crippen LogP contribution in [0.5, 0.6) is 11.5 Å². The van der Waals surface area contributed by atoms with E-state index in [-0.39, 0.29) is 11.6 Å². The minimum Gasteiger partial charge on any atom is -0.455 e. The predicted octanol–water partition coefficient (Wildman–Crippen LogP) is 5.73. The lowest BCUT2D eigenvalue weighted by molar-refractivity contribution is -0.137. The van der Waals surface area contributed by atoms with Crippen molar-refractivity contribution in [3.05, 3.63) is 78.1 Å². The van der Waals surface area contributed by atoms with E-state index >= 15 is 0 Å². The molecule has 2 N–H and O–H groups in total. The van der Waals surface area contributed by atoms with Gasteiger partial charge in [0.05, 0.1) is 11.8 Å². The highest BCUT2D eigenvalue weighted by molar-refractivity contribution is 5.62. The van der Waals surface area contributed by atoms with Crippen molar-refractivity contribution in [3.63, 3.8) is 0 Å². The molecule has 4 aromatic rings. The third kappa shape index (κ3) is 4.40. The number of halogens is 3. The molecule has 0 unspecified atom stereocenters. The lowest BCUT2D eigenvalue weighted by Gasteiger charge is -2.09. The van der Waals surface area contributed by atoms with Crippen molar-refractivity contribution in [2.75, 3.05) is 5.32 Å². The third-order valence-electron chi connectivity index (χ3n) is 4.26. The Balaban J connectivity index is 1.55. The van der Waals surface area contributed by atoms with E-state index in [9.17, 15) is 13.2 Å². The molecule has 30 heavy (non-hydrogen) atoms. The van der Waals surface area contributed by atoms with Crippen LogP contribution in [-0.2, 0) is 6.18 Å². The Morgan fingerprint density at radius 2 is 1.90 bits per heavy atom. The van der Waals surface area contributed by atoms with E-state index in [0.29, 0.717) is 22.9 Å². The first kappa shape index (κ1) is 19.4. The molecule has 6 nitrogen and oxygen atoms in total. The number of alkyl halides is 3. The monoisotopic (exact) mass is 411 g/mol. The Bertz CT molecular complexity index is 1160. The van der Waals surface area contributed by atoms with Crippen molar-refractivity contribution < 1.29 is 17.9 Å². The van der Waals surface area contributed by atoms with Crippen LogP contribution in [0.1, 0.15) is 11.1 Å². The quantitative estimate of drug-likeness (QED) is 0.439. The molecule has 0 bridgehead atoms. The summed E-state index contributed by atoms with van der Waals surface area (Å²) in [5.41, 5.74) is 1.12. The fourth-order valence-electron chi connectivity index (χ4n) is 2.74. The van der Waals surface area contributed by atoms with Gasteiger partial charge < -0.3 is 10.1 Å². The van der Waals surface area contributed by atoms with Crippen LogP contribution in [0.15, 0.2) is 67.0 Å². The zero-order valence-corrected chi connectivity index (χ0v) is 15.7. The largest absolute Gasteiger partial charge is 0.455 e. The van der Waals surface area contributed by atoms with Crippen LogP contribution in [0.3, 0.4) is 0 Å². The number of nitrogens with one attached hydrogen (secondary N) is 2. The SMILES string of the molecule is Cc1ccc(-c2nc(Nc3cccc(C(F)(F)F)c3)n[nH]2)cc1Oc1cccnc1. The van der Waals surface area contributed by atoms with Crippen molar-refractivity contribution in [3.8, 4) is 22.9 Å². The molecule has 0 aliphatic carbocycles. The molecule has 152 valence electrons. The Morgan fingerprint density at radius 1 is 1.03 bits per heavy atom. The second-order valence-corrected chi connectivity index (χ2v) is 6.48. The van der Waals surface area contributed by atoms with Gasteiger partial charge in [-0.2, -0.15) is 18.2 Å². The molecule has 2 heterocycles. The van der Waals surface area contributed by atoms with Crippen molar-refractivity contribution >= 4 is 11.6 Å². The maximum atomic E-state index is 12.9. The first-order valence-corrected chi connectivity index (χ1v) is 8.94. The molecule has 0 fully saturated rings. The Hall–Kier alpha value is -3.88. The minimum absolute atomic E-state index is 0.152. The number of pyridine rings is 1. The van der Waals surface area contributed by atoms with E-state index in [4.69, 9.17) is 4.74 Å². The van der Waals surface area contributed by atoms with Crippen LogP contribution >= 0.6 is 0 Å². The normalized spacial score (nSPS) is 11.3. The van der Waals surface area contributed by atoms with E-state index in [1.807, 2.05) is 19.1 Å². The van der Waals surface area contributed by atoms with Crippen molar-refractivity contribution in [1.82, 2.24) is 20.2 Å². The van der Waals surface area contributed by atoms with Gasteiger partial charge in [0.25, 0.3) is 0 Å². The molecule has 0 atom stereocenters. The summed E-state index contributed by atoms with van der Waals surface area (Å²) in [6, 6.07) is 13.9. The third-order valence-corrected chi connectivity index (χ3v) is 4.26. The van der Waals surface area contributed by atoms with Crippen molar-refractivity contribution in [1.29, 1.82) is 0 Å². The van der Waals surface area contributed by atoms with Gasteiger partial charge in [-0.3, -0.25) is 10.1 Å². The van der Waals surface area contributed by atoms with Gasteiger partial charge in [0.15, 0.2) is 5.82 Å². The second-order valence-electron chi connectivity index (χ2n) is 6.48. The summed E-state index contributed by atoms with van der Waals surface area (Å²) in [4.78, 5) is 8.34. The first-order chi connectivity index (χ1) is 14.4. The van der Waals surface area contributed by atoms with Crippen LogP contribution in [0.4, 0.5) is 24.8 Å². The van der Waals surface area contributed by atoms with Crippen molar-refractivity contribution in [2.24, 2.45) is 0 Å². The number of hydrogen-bond acceptors (Lipinski definition) is 5. The Labute approximate surface area is 169 Å². The van der Waals surface area contributed by atoms with Crippen molar-refractivity contribution in [2.45, 2.75) is 13.1 Å². The number of nitrogens with zero attached hydrogens (tertiary/aromatic N) is 3. The van der Waals surface area contributed by atoms with Gasteiger partial charge in [-0.1, -0.05) is 18.2 Å². The maximum absolute atomic E-state index is 12.9. The summed E-state index contributed by atoms with van der Waals surface area (Å²) in [6.45, 7) is 1.91. The molecule has 0 saturated carbocycles. The zero-order chi connectivity index (χ0) is 21.1. The highest BCUT2D eigenvalue weighted by Gasteiger charge is 2.30. The predicted molar refractivity (Wildman–Crippen MR) is 106 cm³/mol. The molecule has 0 saturated heterocycles. The van der Waals surface area contributed by atoms with E-state index in [1.54, 1.807) is 30.6 Å². The van der Waals surface area contributed by atoms with Gasteiger partial charge in [-0.05, 0) is 48.9 Å². The summed E-state index contributed by atoms with van der Waals surface area (Å²) in [7, 11) is 0. The van der Waals surface area contributed by atoms with E-state index in [1.165, 1.54) is 12.1 Å². The fourth-order valence-corrected chi connectivity index (χ4v) is 2.74. The lowest BCUT2D eigenvalue weighted by Crippen LogP contribution is -2.05. The number of anilines is 2. The van der Waals surface area contributed by atoms with E-state index < -0.39 is 11.7 Å². The minimum atomic E-state index is -4.42. The number of H-pyrrole nitrogens is 1. The first-order valence-electron chi connectivity index (χ1n) is 8.94. The standard InChI is InChI=1S/C21H16F3N5O/c1-13-7-8-14(10-18(13)30-17-6-3-9-25-12-17)19-27-20(29-28-19)26-16-5-2-4-15(11-16)21(22,23)24/h2-12H,1H3,(H2,26,27,28,29). The van der Waals surface area contributed by atoms with Crippen LogP contribution in [0.25, 0.3) is 11.4 Å². The number of aromatic nitrogens is 4. The number of ether oxygens (including phenoxy) is 1. The Kier molecular flexibility index (Phi) is 5.09. The van der Waals surface area contributed by atoms with Gasteiger partial charge in [0.2, 0.25) is 5.95 Å². The number of aryl methyl sites for hydroxylation is 1. The maximum Gasteiger partial charge on any atom is 0.416 e. The summed E-state index contributed by atoms with van der Waals surface area (Å²) in [5.74, 6) is 1.83. The smallest absolute Gasteiger partial charge is 0.416 e. The summed E-state index contributed by atoms with van der Waals surface area (Å²) < 4.78 is 44.5. The van der Waals surface area contributed by atoms with E-state index in [0.717, 1.165) is 17.7 Å². The highest BCUT2D eigenvalue weighted by atomic mass is 19.4. The topological polar surface area (TPSA) is 75.7 Å². The average molecular weight is 411 g/mol. The summed E-state index contributed by atoms with van der Waals surface area (Å²) in [6.07, 6.45) is -1.16. The molecule has 2 aromatic carbocycles. The van der Waals surface area contributed by atoms with Gasteiger partial charge >= 0.3 is 6.18 Å². The molecular formula is C21H16F3N5O. The zero-order valence-electron chi connectivity index (χ0n) is 15.7. The fraction of sp³-hybridized carbons (Fsp3) is 0.0952. The number of benzene rings is 2. The molecule has 4 rings (SSSR count). The van der Waals surface area contributed by atoms with Crippen LogP contribution in [0, 0.1) is 6.92 Å². The number of hydrogen-bond donors (Lipinski definition) is 2. The van der Waals surface area contributed by atoms with Gasteiger partial charge in [0.1, 0.15) is 11.5 Å². The molecule has 9 heteroatoms. The highest BCUT2D eigenvalue weighted by Crippen LogP contribution is 2.32. The summed E-state index contributed by atoms with van der Waals surface area (Å²) >= 11 is 0. The average Bonchev–Trinajstić information content (AvgIpc) is 3.18. The number of rotatable bonds is 5. The van der Waals surface area contributed by atoms with Crippen LogP contribution in [-0.4, -0.2) is 20.2 Å². The molecule has 0 aliphatic rings. The number of aromatic amines is 1. The van der Waals surface area contributed by atoms with Crippen LogP contribution < -0.4 is 10.1 Å². The van der Waals surface area contributed by atoms with Gasteiger partial charge in [0, 0.05) is 17.4 Å². The molecule has 0 radical (unpaired) electrons. The van der Waals surface area contributed by atoms with Crippen LogP contribution in [0.2, 0.25) is 0 Å². The summed E-state index contributed by atoms with van der Waals surface area (Å²) in [5, 5.41) is 9.60. The molecule has 0 aliphatic heterocycles. The van der Waals surface area contributed by atoms with Gasteiger partial charge in [-0.15, -0.1) is 5.10 Å². The lowest BCUT2D eigenvalue weighted by atomic mass is 10.1. The molecule has 2 aromatic heterocycles. The van der Waals surface area contributed by atoms with Gasteiger partial charge in [-0.25, -0.2) is 0 Å². The molecular weight excluding hydrogens is 395 g/mol. The molecule has 0 spiro atoms. The Morgan fingerprint density at radius 3 is 2.67 bits per heavy atom. The molecule has 0 amide bonds.